The summed E-state index contributed by atoms with van der Waals surface area (Å²) in [7, 11) is 0. The minimum atomic E-state index is -0.346. The largest absolute Gasteiger partial charge is 0.303 e. The molecule has 2 aliphatic rings. The van der Waals surface area contributed by atoms with E-state index in [1.165, 1.54) is 38.8 Å². The van der Waals surface area contributed by atoms with E-state index in [1.54, 1.807) is 0 Å². The van der Waals surface area contributed by atoms with Gasteiger partial charge in [-0.25, -0.2) is 0 Å². The lowest BCUT2D eigenvalue weighted by molar-refractivity contribution is 0.228. The van der Waals surface area contributed by atoms with Crippen LogP contribution in [0.5, 0.6) is 0 Å². The molecule has 3 heteroatoms. The molecule has 0 spiro atoms. The Hall–Kier alpha value is -0.590. The molecule has 0 heterocycles. The third-order valence-electron chi connectivity index (χ3n) is 4.37. The Bertz CT molecular complexity index is 300. The van der Waals surface area contributed by atoms with E-state index in [-0.39, 0.29) is 5.54 Å². The summed E-state index contributed by atoms with van der Waals surface area (Å²) in [6.07, 6.45) is 7.72. The van der Waals surface area contributed by atoms with E-state index >= 15 is 0 Å². The van der Waals surface area contributed by atoms with Crippen LogP contribution in [0.15, 0.2) is 0 Å². The Kier molecular flexibility index (Phi) is 5.24. The molecule has 0 aromatic heterocycles. The third kappa shape index (κ3) is 5.50. The molecule has 0 bridgehead atoms. The maximum atomic E-state index is 9.38. The lowest BCUT2D eigenvalue weighted by atomic mass is 9.99. The molecule has 0 amide bonds. The maximum Gasteiger partial charge on any atom is 0.105 e. The molecule has 0 aromatic rings. The molecule has 0 saturated heterocycles. The van der Waals surface area contributed by atoms with Crippen LogP contribution in [0.2, 0.25) is 0 Å². The first kappa shape index (κ1) is 14.8. The number of nitriles is 1. The first-order valence-corrected chi connectivity index (χ1v) is 8.04. The molecule has 2 aliphatic carbocycles. The Morgan fingerprint density at radius 3 is 2.21 bits per heavy atom. The van der Waals surface area contributed by atoms with Crippen molar-refractivity contribution >= 4 is 0 Å². The van der Waals surface area contributed by atoms with Crippen molar-refractivity contribution in [2.45, 2.75) is 57.9 Å². The van der Waals surface area contributed by atoms with Crippen molar-refractivity contribution in [2.24, 2.45) is 11.8 Å². The third-order valence-corrected chi connectivity index (χ3v) is 4.37. The van der Waals surface area contributed by atoms with Crippen molar-refractivity contribution in [1.82, 2.24) is 10.2 Å². The van der Waals surface area contributed by atoms with E-state index in [9.17, 15) is 5.26 Å². The van der Waals surface area contributed by atoms with Gasteiger partial charge in [0.05, 0.1) is 6.07 Å². The van der Waals surface area contributed by atoms with Gasteiger partial charge < -0.3 is 4.90 Å². The lowest BCUT2D eigenvalue weighted by Gasteiger charge is -2.28. The summed E-state index contributed by atoms with van der Waals surface area (Å²) in [6.45, 7) is 8.76. The fourth-order valence-electron chi connectivity index (χ4n) is 2.55. The Morgan fingerprint density at radius 2 is 1.79 bits per heavy atom. The highest BCUT2D eigenvalue weighted by molar-refractivity contribution is 5.04. The predicted octanol–water partition coefficient (Wildman–Crippen LogP) is 2.78. The van der Waals surface area contributed by atoms with Crippen molar-refractivity contribution in [3.63, 3.8) is 0 Å². The van der Waals surface area contributed by atoms with Gasteiger partial charge >= 0.3 is 0 Å². The highest BCUT2D eigenvalue weighted by atomic mass is 15.1. The van der Waals surface area contributed by atoms with Crippen LogP contribution in [0.1, 0.15) is 52.4 Å². The molecular formula is C16H29N3. The van der Waals surface area contributed by atoms with Gasteiger partial charge in [0.15, 0.2) is 0 Å². The molecule has 0 aliphatic heterocycles. The first-order valence-electron chi connectivity index (χ1n) is 8.04. The predicted molar refractivity (Wildman–Crippen MR) is 78.8 cm³/mol. The standard InChI is InChI=1S/C16H29N3/c1-3-9-18-16(2,13-17)8-10-19(11-14-4-5-14)12-15-6-7-15/h14-15,18H,3-12H2,1-2H3. The molecular weight excluding hydrogens is 234 g/mol. The van der Waals surface area contributed by atoms with Crippen LogP contribution in [0.3, 0.4) is 0 Å². The second kappa shape index (κ2) is 6.72. The van der Waals surface area contributed by atoms with Crippen LogP contribution >= 0.6 is 0 Å². The number of nitrogens with zero attached hydrogens (tertiary/aromatic N) is 2. The average molecular weight is 263 g/mol. The zero-order valence-corrected chi connectivity index (χ0v) is 12.6. The second-order valence-corrected chi connectivity index (χ2v) is 6.77. The number of hydrogen-bond acceptors (Lipinski definition) is 3. The van der Waals surface area contributed by atoms with Crippen molar-refractivity contribution < 1.29 is 0 Å². The van der Waals surface area contributed by atoms with E-state index in [1.807, 2.05) is 0 Å². The molecule has 1 unspecified atom stereocenters. The monoisotopic (exact) mass is 263 g/mol. The number of nitrogens with one attached hydrogen (secondary N) is 1. The molecule has 0 radical (unpaired) electrons. The van der Waals surface area contributed by atoms with Gasteiger partial charge in [-0.3, -0.25) is 5.32 Å². The normalized spacial score (nSPS) is 22.2. The molecule has 3 nitrogen and oxygen atoms in total. The van der Waals surface area contributed by atoms with E-state index in [2.05, 4.69) is 30.1 Å². The summed E-state index contributed by atoms with van der Waals surface area (Å²) in [5.41, 5.74) is -0.346. The summed E-state index contributed by atoms with van der Waals surface area (Å²) in [4.78, 5) is 2.62. The topological polar surface area (TPSA) is 39.1 Å². The smallest absolute Gasteiger partial charge is 0.105 e. The Balaban J connectivity index is 1.76. The van der Waals surface area contributed by atoms with Crippen LogP contribution in [0.4, 0.5) is 0 Å². The van der Waals surface area contributed by atoms with E-state index in [4.69, 9.17) is 0 Å². The quantitative estimate of drug-likeness (QED) is 0.659. The van der Waals surface area contributed by atoms with Gasteiger partial charge in [-0.05, 0) is 63.8 Å². The number of hydrogen-bond donors (Lipinski definition) is 1. The van der Waals surface area contributed by atoms with Gasteiger partial charge in [-0.15, -0.1) is 0 Å². The van der Waals surface area contributed by atoms with Gasteiger partial charge in [-0.1, -0.05) is 6.92 Å². The zero-order chi connectivity index (χ0) is 13.7. The molecule has 0 aromatic carbocycles. The van der Waals surface area contributed by atoms with Gasteiger partial charge in [0, 0.05) is 19.6 Å². The van der Waals surface area contributed by atoms with Gasteiger partial charge in [-0.2, -0.15) is 5.26 Å². The van der Waals surface area contributed by atoms with Crippen molar-refractivity contribution in [3.05, 3.63) is 0 Å². The molecule has 1 N–H and O–H groups in total. The minimum absolute atomic E-state index is 0.346. The van der Waals surface area contributed by atoms with Gasteiger partial charge in [0.25, 0.3) is 0 Å². The van der Waals surface area contributed by atoms with Crippen molar-refractivity contribution in [1.29, 1.82) is 5.26 Å². The summed E-state index contributed by atoms with van der Waals surface area (Å²) in [6, 6.07) is 2.47. The minimum Gasteiger partial charge on any atom is -0.303 e. The van der Waals surface area contributed by atoms with Crippen LogP contribution in [-0.2, 0) is 0 Å². The second-order valence-electron chi connectivity index (χ2n) is 6.77. The van der Waals surface area contributed by atoms with Crippen LogP contribution in [-0.4, -0.2) is 36.6 Å². The van der Waals surface area contributed by atoms with E-state index in [0.717, 1.165) is 37.8 Å². The highest BCUT2D eigenvalue weighted by Gasteiger charge is 2.31. The van der Waals surface area contributed by atoms with Crippen molar-refractivity contribution in [3.8, 4) is 6.07 Å². The summed E-state index contributed by atoms with van der Waals surface area (Å²) < 4.78 is 0. The van der Waals surface area contributed by atoms with Gasteiger partial charge in [0.1, 0.15) is 5.54 Å². The van der Waals surface area contributed by atoms with Gasteiger partial charge in [0.2, 0.25) is 0 Å². The van der Waals surface area contributed by atoms with Crippen LogP contribution in [0.25, 0.3) is 0 Å². The first-order chi connectivity index (χ1) is 9.15. The highest BCUT2D eigenvalue weighted by Crippen LogP contribution is 2.34. The zero-order valence-electron chi connectivity index (χ0n) is 12.6. The maximum absolute atomic E-state index is 9.38. The Labute approximate surface area is 118 Å². The average Bonchev–Trinajstić information content (AvgIpc) is 3.29. The molecule has 19 heavy (non-hydrogen) atoms. The molecule has 2 saturated carbocycles. The Morgan fingerprint density at radius 1 is 1.21 bits per heavy atom. The SMILES string of the molecule is CCCNC(C)(C#N)CCN(CC1CC1)CC1CC1. The van der Waals surface area contributed by atoms with Crippen LogP contribution < -0.4 is 5.32 Å². The fourth-order valence-corrected chi connectivity index (χ4v) is 2.55. The number of rotatable bonds is 10. The summed E-state index contributed by atoms with van der Waals surface area (Å²) in [5.74, 6) is 1.91. The molecule has 108 valence electrons. The summed E-state index contributed by atoms with van der Waals surface area (Å²) >= 11 is 0. The van der Waals surface area contributed by atoms with Crippen molar-refractivity contribution in [2.75, 3.05) is 26.2 Å². The molecule has 2 rings (SSSR count). The fraction of sp³-hybridized carbons (Fsp3) is 0.938. The molecule has 1 atom stereocenters. The lowest BCUT2D eigenvalue weighted by Crippen LogP contribution is -2.44. The van der Waals surface area contributed by atoms with E-state index < -0.39 is 0 Å². The summed E-state index contributed by atoms with van der Waals surface area (Å²) in [5, 5.41) is 12.8. The van der Waals surface area contributed by atoms with E-state index in [0.29, 0.717) is 0 Å². The van der Waals surface area contributed by atoms with Crippen LogP contribution in [0, 0.1) is 23.2 Å². The molecule has 2 fully saturated rings.